The van der Waals surface area contributed by atoms with Crippen LogP contribution in [0.3, 0.4) is 0 Å². The minimum Gasteiger partial charge on any atom is -0.381 e. The highest BCUT2D eigenvalue weighted by atomic mass is 16.5. The average molecular weight is 311 g/mol. The van der Waals surface area contributed by atoms with Gasteiger partial charge in [0.05, 0.1) is 18.3 Å². The van der Waals surface area contributed by atoms with Crippen LogP contribution in [0.5, 0.6) is 0 Å². The van der Waals surface area contributed by atoms with Crippen LogP contribution in [0.25, 0.3) is 0 Å². The maximum Gasteiger partial charge on any atom is 0.225 e. The highest BCUT2D eigenvalue weighted by Gasteiger charge is 2.56. The molecule has 0 bridgehead atoms. The van der Waals surface area contributed by atoms with Gasteiger partial charge in [-0.3, -0.25) is 4.79 Å². The molecular weight excluding hydrogens is 278 g/mol. The number of hydrogen-bond donors (Lipinski definition) is 0. The summed E-state index contributed by atoms with van der Waals surface area (Å²) in [7, 11) is 3.79. The molecule has 4 atom stereocenters. The van der Waals surface area contributed by atoms with Gasteiger partial charge >= 0.3 is 0 Å². The molecule has 0 aromatic carbocycles. The zero-order chi connectivity index (χ0) is 16.5. The van der Waals surface area contributed by atoms with Crippen LogP contribution in [-0.4, -0.2) is 49.3 Å². The number of nitrogens with zero attached hydrogens (tertiary/aromatic N) is 1. The van der Waals surface area contributed by atoms with Gasteiger partial charge < -0.3 is 14.4 Å². The third kappa shape index (κ3) is 2.92. The van der Waals surface area contributed by atoms with E-state index in [2.05, 4.69) is 27.7 Å². The van der Waals surface area contributed by atoms with Crippen LogP contribution < -0.4 is 0 Å². The van der Waals surface area contributed by atoms with Crippen LogP contribution >= 0.6 is 0 Å². The van der Waals surface area contributed by atoms with Crippen molar-refractivity contribution < 1.29 is 14.3 Å². The molecule has 2 rings (SSSR count). The predicted octanol–water partition coefficient (Wildman–Crippen LogP) is 3.24. The topological polar surface area (TPSA) is 38.8 Å². The van der Waals surface area contributed by atoms with Gasteiger partial charge in [0.15, 0.2) is 0 Å². The Balaban J connectivity index is 2.07. The van der Waals surface area contributed by atoms with E-state index in [9.17, 15) is 4.79 Å². The summed E-state index contributed by atoms with van der Waals surface area (Å²) in [5, 5.41) is 0. The fraction of sp³-hybridized carbons (Fsp3) is 0.944. The second-order valence-electron chi connectivity index (χ2n) is 7.29. The van der Waals surface area contributed by atoms with Crippen molar-refractivity contribution in [2.24, 2.45) is 11.3 Å². The fourth-order valence-corrected chi connectivity index (χ4v) is 4.83. The normalized spacial score (nSPS) is 37.5. The zero-order valence-electron chi connectivity index (χ0n) is 15.1. The Labute approximate surface area is 135 Å². The van der Waals surface area contributed by atoms with Gasteiger partial charge in [-0.2, -0.15) is 0 Å². The monoisotopic (exact) mass is 311 g/mol. The van der Waals surface area contributed by atoms with Crippen molar-refractivity contribution in [2.45, 2.75) is 84.2 Å². The molecule has 1 saturated carbocycles. The van der Waals surface area contributed by atoms with Gasteiger partial charge in [-0.1, -0.05) is 13.8 Å². The van der Waals surface area contributed by atoms with E-state index in [0.29, 0.717) is 11.9 Å². The molecule has 0 aromatic heterocycles. The molecule has 1 amide bonds. The van der Waals surface area contributed by atoms with Crippen LogP contribution in [0.4, 0.5) is 0 Å². The molecule has 128 valence electrons. The summed E-state index contributed by atoms with van der Waals surface area (Å²) in [4.78, 5) is 15.0. The summed E-state index contributed by atoms with van der Waals surface area (Å²) in [6.45, 7) is 8.59. The van der Waals surface area contributed by atoms with Crippen LogP contribution in [0, 0.1) is 11.3 Å². The van der Waals surface area contributed by atoms with Crippen molar-refractivity contribution in [2.75, 3.05) is 14.2 Å². The lowest BCUT2D eigenvalue weighted by Crippen LogP contribution is -2.65. The number of amides is 1. The van der Waals surface area contributed by atoms with Crippen LogP contribution in [0.1, 0.15) is 59.8 Å². The number of carbonyl (C=O) groups excluding carboxylic acids is 1. The third-order valence-electron chi connectivity index (χ3n) is 6.21. The van der Waals surface area contributed by atoms with Crippen LogP contribution in [0.15, 0.2) is 0 Å². The molecule has 1 saturated heterocycles. The van der Waals surface area contributed by atoms with E-state index in [1.165, 1.54) is 0 Å². The number of rotatable bonds is 5. The Hall–Kier alpha value is -0.610. The van der Waals surface area contributed by atoms with Gasteiger partial charge in [0.2, 0.25) is 5.91 Å². The van der Waals surface area contributed by atoms with Crippen molar-refractivity contribution in [1.82, 2.24) is 4.90 Å². The van der Waals surface area contributed by atoms with Crippen LogP contribution in [0.2, 0.25) is 0 Å². The van der Waals surface area contributed by atoms with Gasteiger partial charge in [-0.15, -0.1) is 0 Å². The first-order valence-corrected chi connectivity index (χ1v) is 8.84. The van der Waals surface area contributed by atoms with Gasteiger partial charge in [0, 0.05) is 31.5 Å². The largest absolute Gasteiger partial charge is 0.381 e. The number of hydrogen-bond acceptors (Lipinski definition) is 3. The molecule has 4 heteroatoms. The summed E-state index contributed by atoms with van der Waals surface area (Å²) in [5.74, 6) is 0.407. The van der Waals surface area contributed by atoms with Crippen molar-refractivity contribution in [1.29, 1.82) is 0 Å². The van der Waals surface area contributed by atoms with Gasteiger partial charge in [-0.05, 0) is 46.0 Å². The predicted molar refractivity (Wildman–Crippen MR) is 87.7 cm³/mol. The first-order valence-electron chi connectivity index (χ1n) is 8.84. The molecule has 0 spiro atoms. The maximum absolute atomic E-state index is 13.0. The fourth-order valence-electron chi connectivity index (χ4n) is 4.83. The van der Waals surface area contributed by atoms with Crippen molar-refractivity contribution in [3.8, 4) is 0 Å². The third-order valence-corrected chi connectivity index (χ3v) is 6.21. The highest BCUT2D eigenvalue weighted by Crippen LogP contribution is 2.51. The minimum atomic E-state index is 0.108. The minimum absolute atomic E-state index is 0.108. The van der Waals surface area contributed by atoms with Crippen molar-refractivity contribution in [3.63, 3.8) is 0 Å². The molecule has 2 aliphatic rings. The number of methoxy groups -OCH3 is 1. The molecule has 1 aliphatic heterocycles. The van der Waals surface area contributed by atoms with Gasteiger partial charge in [0.1, 0.15) is 0 Å². The Morgan fingerprint density at radius 3 is 2.18 bits per heavy atom. The van der Waals surface area contributed by atoms with Gasteiger partial charge in [0.25, 0.3) is 0 Å². The van der Waals surface area contributed by atoms with E-state index >= 15 is 0 Å². The molecule has 22 heavy (non-hydrogen) atoms. The quantitative estimate of drug-likeness (QED) is 0.782. The molecule has 0 aromatic rings. The Kier molecular flexibility index (Phi) is 5.54. The molecule has 4 nitrogen and oxygen atoms in total. The van der Waals surface area contributed by atoms with Crippen molar-refractivity contribution >= 4 is 5.91 Å². The van der Waals surface area contributed by atoms with E-state index in [4.69, 9.17) is 9.47 Å². The number of carbonyl (C=O) groups is 1. The summed E-state index contributed by atoms with van der Waals surface area (Å²) in [5.41, 5.74) is 0.127. The lowest BCUT2D eigenvalue weighted by molar-refractivity contribution is -0.176. The van der Waals surface area contributed by atoms with E-state index in [-0.39, 0.29) is 29.6 Å². The molecule has 2 fully saturated rings. The Bertz CT molecular complexity index is 384. The lowest BCUT2D eigenvalue weighted by Gasteiger charge is -2.58. The summed E-state index contributed by atoms with van der Waals surface area (Å²) >= 11 is 0. The SMILES string of the molecule is CCC1(CC)[C@@H](N(C)C(=O)C2C[C@H](C)O[C@@H](C)C2)C[C@H]1OC. The van der Waals surface area contributed by atoms with E-state index in [0.717, 1.165) is 32.1 Å². The van der Waals surface area contributed by atoms with E-state index < -0.39 is 0 Å². The average Bonchev–Trinajstić information content (AvgIpc) is 2.46. The first-order chi connectivity index (χ1) is 10.4. The molecular formula is C18H33NO3. The summed E-state index contributed by atoms with van der Waals surface area (Å²) in [6.07, 6.45) is 5.43. The standard InChI is InChI=1S/C18H33NO3/c1-7-18(8-2)15(11-16(18)21-6)19(5)17(20)14-9-12(3)22-13(4)10-14/h12-16H,7-11H2,1-6H3/t12-,13-,15-,16+/m0/s1. The first kappa shape index (κ1) is 17.7. The maximum atomic E-state index is 13.0. The van der Waals surface area contributed by atoms with Gasteiger partial charge in [-0.25, -0.2) is 0 Å². The summed E-state index contributed by atoms with van der Waals surface area (Å²) < 4.78 is 11.4. The molecule has 0 N–H and O–H groups in total. The van der Waals surface area contributed by atoms with Crippen molar-refractivity contribution in [3.05, 3.63) is 0 Å². The Morgan fingerprint density at radius 2 is 1.73 bits per heavy atom. The second-order valence-corrected chi connectivity index (χ2v) is 7.29. The van der Waals surface area contributed by atoms with E-state index in [1.54, 1.807) is 7.11 Å². The summed E-state index contributed by atoms with van der Waals surface area (Å²) in [6, 6.07) is 0.313. The molecule has 0 radical (unpaired) electrons. The molecule has 1 heterocycles. The molecule has 0 unspecified atom stereocenters. The Morgan fingerprint density at radius 1 is 1.18 bits per heavy atom. The second kappa shape index (κ2) is 6.88. The number of ether oxygens (including phenoxy) is 2. The van der Waals surface area contributed by atoms with Crippen LogP contribution in [-0.2, 0) is 14.3 Å². The molecule has 1 aliphatic carbocycles. The highest BCUT2D eigenvalue weighted by molar-refractivity contribution is 5.79. The lowest BCUT2D eigenvalue weighted by atomic mass is 9.58. The zero-order valence-corrected chi connectivity index (χ0v) is 15.1. The smallest absolute Gasteiger partial charge is 0.225 e. The van der Waals surface area contributed by atoms with E-state index in [1.807, 2.05) is 11.9 Å².